The van der Waals surface area contributed by atoms with E-state index in [0.29, 0.717) is 31.6 Å². The molecule has 1 atom stereocenters. The summed E-state index contributed by atoms with van der Waals surface area (Å²) in [6.45, 7) is 3.51. The first kappa shape index (κ1) is 23.0. The van der Waals surface area contributed by atoms with Crippen LogP contribution in [0.15, 0.2) is 59.5 Å². The lowest BCUT2D eigenvalue weighted by Gasteiger charge is -2.15. The number of thiophene rings is 1. The number of hydrogen-bond acceptors (Lipinski definition) is 5. The molecule has 3 aromatic rings. The number of halogens is 1. The molecule has 1 unspecified atom stereocenters. The topological polar surface area (TPSA) is 118 Å². The number of nitrogens with two attached hydrogens (primary N) is 1. The van der Waals surface area contributed by atoms with E-state index in [1.807, 2.05) is 0 Å². The van der Waals surface area contributed by atoms with Crippen LogP contribution < -0.4 is 15.8 Å². The number of carbonyl (C=O) groups excluding carboxylic acids is 2. The number of sulfonamides is 1. The van der Waals surface area contributed by atoms with Gasteiger partial charge >= 0.3 is 0 Å². The number of amides is 2. The highest BCUT2D eigenvalue weighted by Gasteiger charge is 2.19. The normalized spacial score (nSPS) is 12.3. The zero-order valence-corrected chi connectivity index (χ0v) is 19.1. The highest BCUT2D eigenvalue weighted by molar-refractivity contribution is 7.89. The molecule has 2 amide bonds. The second kappa shape index (κ2) is 9.19. The molecular formula is C21H20ClN3O4S2. The SMILES string of the molecule is Cc1cc(NC(=O)c2ccccc2Cl)sc1C(=O)NC(C)c1cccc(S(N)(=O)=O)c1. The van der Waals surface area contributed by atoms with Crippen LogP contribution >= 0.6 is 22.9 Å². The van der Waals surface area contributed by atoms with Gasteiger partial charge in [0.25, 0.3) is 11.8 Å². The molecule has 0 fully saturated rings. The van der Waals surface area contributed by atoms with Gasteiger partial charge in [0.05, 0.1) is 31.4 Å². The van der Waals surface area contributed by atoms with Crippen molar-refractivity contribution < 1.29 is 18.0 Å². The Morgan fingerprint density at radius 3 is 2.45 bits per heavy atom. The Kier molecular flexibility index (Phi) is 6.80. The lowest BCUT2D eigenvalue weighted by Crippen LogP contribution is -2.26. The number of hydrogen-bond donors (Lipinski definition) is 3. The van der Waals surface area contributed by atoms with Crippen molar-refractivity contribution in [1.82, 2.24) is 5.32 Å². The Balaban J connectivity index is 1.74. The standard InChI is InChI=1S/C21H20ClN3O4S2/c1-12-10-18(25-20(26)16-8-3-4-9-17(16)22)30-19(12)21(27)24-13(2)14-6-5-7-15(11-14)31(23,28)29/h3-11,13H,1-2H3,(H,24,27)(H,25,26)(H2,23,28,29). The van der Waals surface area contributed by atoms with Crippen molar-refractivity contribution in [3.05, 3.63) is 81.2 Å². The molecule has 162 valence electrons. The summed E-state index contributed by atoms with van der Waals surface area (Å²) >= 11 is 7.20. The first-order valence-electron chi connectivity index (χ1n) is 9.16. The monoisotopic (exact) mass is 477 g/mol. The van der Waals surface area contributed by atoms with Gasteiger partial charge in [0.1, 0.15) is 0 Å². The molecule has 0 bridgehead atoms. The summed E-state index contributed by atoms with van der Waals surface area (Å²) in [4.78, 5) is 25.6. The number of nitrogens with one attached hydrogen (secondary N) is 2. The van der Waals surface area contributed by atoms with Gasteiger partial charge in [0, 0.05) is 0 Å². The zero-order valence-electron chi connectivity index (χ0n) is 16.7. The summed E-state index contributed by atoms with van der Waals surface area (Å²) in [7, 11) is -3.84. The summed E-state index contributed by atoms with van der Waals surface area (Å²) < 4.78 is 23.1. The maximum absolute atomic E-state index is 12.8. The number of anilines is 1. The van der Waals surface area contributed by atoms with Crippen LogP contribution in [-0.4, -0.2) is 20.2 Å². The van der Waals surface area contributed by atoms with Crippen LogP contribution in [0.5, 0.6) is 0 Å². The molecular weight excluding hydrogens is 458 g/mol. The number of primary sulfonamides is 1. The first-order chi connectivity index (χ1) is 14.6. The van der Waals surface area contributed by atoms with Crippen LogP contribution in [0.3, 0.4) is 0 Å². The third-order valence-electron chi connectivity index (χ3n) is 4.51. The Morgan fingerprint density at radius 1 is 1.06 bits per heavy atom. The van der Waals surface area contributed by atoms with Gasteiger partial charge in [-0.1, -0.05) is 35.9 Å². The molecule has 0 aliphatic carbocycles. The van der Waals surface area contributed by atoms with Crippen LogP contribution in [0.2, 0.25) is 5.02 Å². The Labute approximate surface area is 189 Å². The molecule has 0 aliphatic heterocycles. The molecule has 10 heteroatoms. The van der Waals surface area contributed by atoms with E-state index >= 15 is 0 Å². The summed E-state index contributed by atoms with van der Waals surface area (Å²) in [5, 5.41) is 11.6. The van der Waals surface area contributed by atoms with Crippen molar-refractivity contribution >= 4 is 49.8 Å². The van der Waals surface area contributed by atoms with Gasteiger partial charge in [-0.3, -0.25) is 9.59 Å². The molecule has 7 nitrogen and oxygen atoms in total. The summed E-state index contributed by atoms with van der Waals surface area (Å²) in [5.41, 5.74) is 1.63. The van der Waals surface area contributed by atoms with E-state index in [0.717, 1.165) is 11.3 Å². The highest BCUT2D eigenvalue weighted by Crippen LogP contribution is 2.28. The van der Waals surface area contributed by atoms with Crippen LogP contribution in [0.25, 0.3) is 0 Å². The molecule has 4 N–H and O–H groups in total. The fourth-order valence-electron chi connectivity index (χ4n) is 2.90. The van der Waals surface area contributed by atoms with Crippen LogP contribution in [0.4, 0.5) is 5.00 Å². The Bertz CT molecular complexity index is 1260. The molecule has 0 spiro atoms. The molecule has 1 heterocycles. The first-order valence-corrected chi connectivity index (χ1v) is 11.9. The number of carbonyl (C=O) groups is 2. The largest absolute Gasteiger partial charge is 0.345 e. The van der Waals surface area contributed by atoms with Crippen molar-refractivity contribution in [1.29, 1.82) is 0 Å². The molecule has 0 aliphatic rings. The molecule has 31 heavy (non-hydrogen) atoms. The van der Waals surface area contributed by atoms with Gasteiger partial charge in [-0.15, -0.1) is 11.3 Å². The summed E-state index contributed by atoms with van der Waals surface area (Å²) in [5.74, 6) is -0.707. The van der Waals surface area contributed by atoms with Crippen molar-refractivity contribution in [3.8, 4) is 0 Å². The molecule has 0 saturated carbocycles. The Morgan fingerprint density at radius 2 is 1.77 bits per heavy atom. The van der Waals surface area contributed by atoms with Gasteiger partial charge in [-0.05, 0) is 55.3 Å². The summed E-state index contributed by atoms with van der Waals surface area (Å²) in [6.07, 6.45) is 0. The Hall–Kier alpha value is -2.72. The average molecular weight is 478 g/mol. The van der Waals surface area contributed by atoms with Gasteiger partial charge in [0.2, 0.25) is 10.0 Å². The van der Waals surface area contributed by atoms with Crippen molar-refractivity contribution in [2.24, 2.45) is 5.14 Å². The van der Waals surface area contributed by atoms with Crippen LogP contribution in [-0.2, 0) is 10.0 Å². The van der Waals surface area contributed by atoms with Crippen molar-refractivity contribution in [3.63, 3.8) is 0 Å². The minimum atomic E-state index is -3.84. The van der Waals surface area contributed by atoms with Gasteiger partial charge in [0.15, 0.2) is 0 Å². The van der Waals surface area contributed by atoms with E-state index in [9.17, 15) is 18.0 Å². The quantitative estimate of drug-likeness (QED) is 0.495. The lowest BCUT2D eigenvalue weighted by molar-refractivity contribution is 0.0942. The van der Waals surface area contributed by atoms with Gasteiger partial charge < -0.3 is 10.6 Å². The third-order valence-corrected chi connectivity index (χ3v) is 6.91. The second-order valence-electron chi connectivity index (χ2n) is 6.87. The highest BCUT2D eigenvalue weighted by atomic mass is 35.5. The predicted octanol–water partition coefficient (Wildman–Crippen LogP) is 4.10. The fourth-order valence-corrected chi connectivity index (χ4v) is 4.66. The number of benzene rings is 2. The summed E-state index contributed by atoms with van der Waals surface area (Å²) in [6, 6.07) is 14.0. The van der Waals surface area contributed by atoms with Crippen molar-refractivity contribution in [2.75, 3.05) is 5.32 Å². The minimum absolute atomic E-state index is 0.0250. The molecule has 1 aromatic heterocycles. The smallest absolute Gasteiger partial charge is 0.262 e. The number of aryl methyl sites for hydroxylation is 1. The van der Waals surface area contributed by atoms with Crippen molar-refractivity contribution in [2.45, 2.75) is 24.8 Å². The van der Waals surface area contributed by atoms with E-state index in [1.165, 1.54) is 12.1 Å². The number of rotatable bonds is 6. The van der Waals surface area contributed by atoms with E-state index in [4.69, 9.17) is 16.7 Å². The van der Waals surface area contributed by atoms with E-state index in [-0.39, 0.29) is 16.7 Å². The maximum Gasteiger partial charge on any atom is 0.262 e. The average Bonchev–Trinajstić information content (AvgIpc) is 3.07. The zero-order chi connectivity index (χ0) is 22.8. The van der Waals surface area contributed by atoms with E-state index in [1.54, 1.807) is 56.3 Å². The molecule has 3 rings (SSSR count). The van der Waals surface area contributed by atoms with Crippen LogP contribution in [0.1, 0.15) is 44.1 Å². The molecule has 2 aromatic carbocycles. The van der Waals surface area contributed by atoms with Gasteiger partial charge in [-0.25, -0.2) is 13.6 Å². The minimum Gasteiger partial charge on any atom is -0.345 e. The second-order valence-corrected chi connectivity index (χ2v) is 9.89. The van der Waals surface area contributed by atoms with Crippen LogP contribution in [0, 0.1) is 6.92 Å². The predicted molar refractivity (Wildman–Crippen MR) is 122 cm³/mol. The molecule has 0 saturated heterocycles. The van der Waals surface area contributed by atoms with E-state index < -0.39 is 16.1 Å². The molecule has 0 radical (unpaired) electrons. The lowest BCUT2D eigenvalue weighted by atomic mass is 10.1. The third kappa shape index (κ3) is 5.50. The van der Waals surface area contributed by atoms with E-state index in [2.05, 4.69) is 10.6 Å². The van der Waals surface area contributed by atoms with Gasteiger partial charge in [-0.2, -0.15) is 0 Å². The maximum atomic E-state index is 12.8. The fraction of sp³-hybridized carbons (Fsp3) is 0.143.